The lowest BCUT2D eigenvalue weighted by molar-refractivity contribution is -0.132. The minimum absolute atomic E-state index is 0. The number of nitrogens with one attached hydrogen (secondary N) is 2. The van der Waals surface area contributed by atoms with Gasteiger partial charge in [0, 0.05) is 20.1 Å². The van der Waals surface area contributed by atoms with Crippen LogP contribution in [0.15, 0.2) is 4.99 Å². The Morgan fingerprint density at radius 1 is 1.20 bits per heavy atom. The van der Waals surface area contributed by atoms with Crippen molar-refractivity contribution in [2.75, 3.05) is 20.1 Å². The highest BCUT2D eigenvalue weighted by Gasteiger charge is 2.26. The van der Waals surface area contributed by atoms with Crippen molar-refractivity contribution in [3.63, 3.8) is 0 Å². The molecule has 1 fully saturated rings. The van der Waals surface area contributed by atoms with Crippen molar-refractivity contribution in [3.05, 3.63) is 0 Å². The molecule has 0 saturated heterocycles. The molecule has 20 heavy (non-hydrogen) atoms. The number of halogens is 4. The van der Waals surface area contributed by atoms with Gasteiger partial charge in [0.05, 0.1) is 6.42 Å². The van der Waals surface area contributed by atoms with Crippen LogP contribution in [-0.2, 0) is 0 Å². The van der Waals surface area contributed by atoms with E-state index in [1.165, 1.54) is 25.7 Å². The topological polar surface area (TPSA) is 36.4 Å². The summed E-state index contributed by atoms with van der Waals surface area (Å²) in [5.41, 5.74) is 0. The van der Waals surface area contributed by atoms with Crippen LogP contribution in [-0.4, -0.2) is 32.3 Å². The van der Waals surface area contributed by atoms with Gasteiger partial charge in [-0.2, -0.15) is 13.2 Å². The molecule has 1 rings (SSSR count). The monoisotopic (exact) mass is 407 g/mol. The first-order valence-corrected chi connectivity index (χ1v) is 6.93. The second kappa shape index (κ2) is 9.68. The Morgan fingerprint density at radius 2 is 1.85 bits per heavy atom. The van der Waals surface area contributed by atoms with Crippen molar-refractivity contribution in [1.29, 1.82) is 0 Å². The molecule has 1 saturated carbocycles. The molecule has 0 amide bonds. The first-order valence-electron chi connectivity index (χ1n) is 6.93. The SMILES string of the molecule is CN=C(NCCC(F)(F)F)NCC1CCCCC1C.I. The largest absolute Gasteiger partial charge is 0.390 e. The molecule has 120 valence electrons. The lowest BCUT2D eigenvalue weighted by Gasteiger charge is -2.29. The van der Waals surface area contributed by atoms with E-state index in [1.807, 2.05) is 0 Å². The average molecular weight is 407 g/mol. The molecule has 2 N–H and O–H groups in total. The molecule has 0 aromatic rings. The van der Waals surface area contributed by atoms with Crippen LogP contribution in [0.5, 0.6) is 0 Å². The number of guanidine groups is 1. The number of hydrogen-bond donors (Lipinski definition) is 2. The second-order valence-corrected chi connectivity index (χ2v) is 5.27. The van der Waals surface area contributed by atoms with Crippen LogP contribution < -0.4 is 10.6 Å². The molecule has 0 aromatic carbocycles. The zero-order valence-corrected chi connectivity index (χ0v) is 14.4. The van der Waals surface area contributed by atoms with Crippen molar-refractivity contribution in [2.24, 2.45) is 16.8 Å². The molecule has 2 atom stereocenters. The van der Waals surface area contributed by atoms with Gasteiger partial charge >= 0.3 is 6.18 Å². The molecule has 0 radical (unpaired) electrons. The zero-order chi connectivity index (χ0) is 14.3. The smallest absolute Gasteiger partial charge is 0.356 e. The molecule has 0 aromatic heterocycles. The van der Waals surface area contributed by atoms with E-state index in [0.717, 1.165) is 6.54 Å². The van der Waals surface area contributed by atoms with Crippen LogP contribution in [0.1, 0.15) is 39.0 Å². The third-order valence-electron chi connectivity index (χ3n) is 3.75. The summed E-state index contributed by atoms with van der Waals surface area (Å²) >= 11 is 0. The highest BCUT2D eigenvalue weighted by Crippen LogP contribution is 2.28. The standard InChI is InChI=1S/C13H24F3N3.HI/c1-10-5-3-4-6-11(10)9-19-12(17-2)18-8-7-13(14,15)16;/h10-11H,3-9H2,1-2H3,(H2,17,18,19);1H. The van der Waals surface area contributed by atoms with Crippen molar-refractivity contribution in [3.8, 4) is 0 Å². The molecule has 3 nitrogen and oxygen atoms in total. The van der Waals surface area contributed by atoms with E-state index in [0.29, 0.717) is 17.8 Å². The first-order chi connectivity index (χ1) is 8.92. The highest BCUT2D eigenvalue weighted by atomic mass is 127. The summed E-state index contributed by atoms with van der Waals surface area (Å²) in [7, 11) is 1.58. The van der Waals surface area contributed by atoms with Crippen molar-refractivity contribution in [1.82, 2.24) is 10.6 Å². The van der Waals surface area contributed by atoms with Crippen LogP contribution in [0.2, 0.25) is 0 Å². The number of rotatable bonds is 4. The van der Waals surface area contributed by atoms with Gasteiger partial charge in [0.1, 0.15) is 0 Å². The van der Waals surface area contributed by atoms with Gasteiger partial charge in [-0.05, 0) is 18.3 Å². The summed E-state index contributed by atoms with van der Waals surface area (Å²) in [5, 5.41) is 5.83. The maximum atomic E-state index is 12.0. The van der Waals surface area contributed by atoms with Gasteiger partial charge in [-0.3, -0.25) is 4.99 Å². The molecule has 2 unspecified atom stereocenters. The maximum absolute atomic E-state index is 12.0. The lowest BCUT2D eigenvalue weighted by atomic mass is 9.80. The van der Waals surface area contributed by atoms with Crippen molar-refractivity contribution >= 4 is 29.9 Å². The fourth-order valence-electron chi connectivity index (χ4n) is 2.47. The van der Waals surface area contributed by atoms with Crippen LogP contribution in [0, 0.1) is 11.8 Å². The van der Waals surface area contributed by atoms with Crippen LogP contribution in [0.3, 0.4) is 0 Å². The highest BCUT2D eigenvalue weighted by molar-refractivity contribution is 14.0. The summed E-state index contributed by atoms with van der Waals surface area (Å²) in [6, 6.07) is 0. The molecule has 0 heterocycles. The zero-order valence-electron chi connectivity index (χ0n) is 12.1. The Kier molecular flexibility index (Phi) is 9.58. The molecule has 1 aliphatic carbocycles. The van der Waals surface area contributed by atoms with Gasteiger partial charge in [0.15, 0.2) is 5.96 Å². The van der Waals surface area contributed by atoms with E-state index in [9.17, 15) is 13.2 Å². The quantitative estimate of drug-likeness (QED) is 0.425. The Bertz CT molecular complexity index is 295. The summed E-state index contributed by atoms with van der Waals surface area (Å²) in [4.78, 5) is 3.94. The van der Waals surface area contributed by atoms with Gasteiger partial charge in [0.2, 0.25) is 0 Å². The van der Waals surface area contributed by atoms with Crippen LogP contribution in [0.4, 0.5) is 13.2 Å². The Hall–Kier alpha value is -0.210. The number of nitrogens with zero attached hydrogens (tertiary/aromatic N) is 1. The molecular formula is C13H25F3IN3. The molecule has 0 aliphatic heterocycles. The first kappa shape index (κ1) is 19.8. The predicted molar refractivity (Wildman–Crippen MR) is 86.6 cm³/mol. The number of aliphatic imine (C=N–C) groups is 1. The number of alkyl halides is 3. The second-order valence-electron chi connectivity index (χ2n) is 5.27. The predicted octanol–water partition coefficient (Wildman–Crippen LogP) is 3.55. The Balaban J connectivity index is 0.00000361. The van der Waals surface area contributed by atoms with Crippen LogP contribution in [0.25, 0.3) is 0 Å². The van der Waals surface area contributed by atoms with Crippen molar-refractivity contribution in [2.45, 2.75) is 45.2 Å². The van der Waals surface area contributed by atoms with E-state index >= 15 is 0 Å². The number of hydrogen-bond acceptors (Lipinski definition) is 1. The summed E-state index contributed by atoms with van der Waals surface area (Å²) in [6.45, 7) is 2.89. The maximum Gasteiger partial charge on any atom is 0.390 e. The molecular weight excluding hydrogens is 382 g/mol. The van der Waals surface area contributed by atoms with Gasteiger partial charge < -0.3 is 10.6 Å². The fourth-order valence-corrected chi connectivity index (χ4v) is 2.47. The van der Waals surface area contributed by atoms with Crippen LogP contribution >= 0.6 is 24.0 Å². The van der Waals surface area contributed by atoms with E-state index in [1.54, 1.807) is 7.05 Å². The Labute approximate surface area is 136 Å². The van der Waals surface area contributed by atoms with Gasteiger partial charge in [-0.25, -0.2) is 0 Å². The minimum atomic E-state index is -4.12. The third-order valence-corrected chi connectivity index (χ3v) is 3.75. The third kappa shape index (κ3) is 8.16. The van der Waals surface area contributed by atoms with E-state index < -0.39 is 12.6 Å². The van der Waals surface area contributed by atoms with Gasteiger partial charge in [-0.1, -0.05) is 26.2 Å². The lowest BCUT2D eigenvalue weighted by Crippen LogP contribution is -2.42. The Morgan fingerprint density at radius 3 is 2.40 bits per heavy atom. The summed E-state index contributed by atoms with van der Waals surface area (Å²) < 4.78 is 36.1. The van der Waals surface area contributed by atoms with Gasteiger partial charge in [-0.15, -0.1) is 24.0 Å². The molecule has 1 aliphatic rings. The fraction of sp³-hybridized carbons (Fsp3) is 0.923. The molecule has 7 heteroatoms. The van der Waals surface area contributed by atoms with Gasteiger partial charge in [0.25, 0.3) is 0 Å². The van der Waals surface area contributed by atoms with Crippen molar-refractivity contribution < 1.29 is 13.2 Å². The summed E-state index contributed by atoms with van der Waals surface area (Å²) in [5.74, 6) is 1.73. The summed E-state index contributed by atoms with van der Waals surface area (Å²) in [6.07, 6.45) is 0.00441. The normalized spacial score (nSPS) is 23.9. The average Bonchev–Trinajstić information content (AvgIpc) is 2.34. The molecule has 0 bridgehead atoms. The van der Waals surface area contributed by atoms with E-state index in [4.69, 9.17) is 0 Å². The van der Waals surface area contributed by atoms with E-state index in [2.05, 4.69) is 22.5 Å². The molecule has 0 spiro atoms. The van der Waals surface area contributed by atoms with E-state index in [-0.39, 0.29) is 30.5 Å². The minimum Gasteiger partial charge on any atom is -0.356 e.